The van der Waals surface area contributed by atoms with Gasteiger partial charge in [-0.15, -0.1) is 0 Å². The number of guanidine groups is 1. The Hall–Kier alpha value is -1.79. The number of aliphatic imine (C=N–C) groups is 1. The molecular weight excluding hydrogens is 234 g/mol. The van der Waals surface area contributed by atoms with Crippen molar-refractivity contribution >= 4 is 17.9 Å². The van der Waals surface area contributed by atoms with Crippen LogP contribution in [0.2, 0.25) is 0 Å². The van der Waals surface area contributed by atoms with Crippen LogP contribution >= 0.6 is 0 Å². The van der Waals surface area contributed by atoms with Gasteiger partial charge >= 0.3 is 6.03 Å². The molecule has 3 heterocycles. The van der Waals surface area contributed by atoms with E-state index in [1.54, 1.807) is 7.05 Å². The number of amides is 3. The van der Waals surface area contributed by atoms with Gasteiger partial charge in [0.05, 0.1) is 0 Å². The zero-order valence-electron chi connectivity index (χ0n) is 10.6. The van der Waals surface area contributed by atoms with Crippen LogP contribution in [-0.2, 0) is 4.79 Å². The van der Waals surface area contributed by atoms with Crippen LogP contribution in [0.4, 0.5) is 4.79 Å². The summed E-state index contributed by atoms with van der Waals surface area (Å²) >= 11 is 0. The van der Waals surface area contributed by atoms with Crippen molar-refractivity contribution in [3.05, 3.63) is 0 Å². The third-order valence-corrected chi connectivity index (χ3v) is 3.87. The van der Waals surface area contributed by atoms with E-state index < -0.39 is 12.2 Å². The number of hydrogen-bond acceptors (Lipinski definition) is 5. The molecular formula is C11H17N5O2. The minimum absolute atomic E-state index is 0.261. The fraction of sp³-hybridized carbons (Fsp3) is 0.727. The van der Waals surface area contributed by atoms with E-state index in [1.165, 1.54) is 4.90 Å². The number of urea groups is 1. The Morgan fingerprint density at radius 3 is 2.50 bits per heavy atom. The molecule has 0 aromatic carbocycles. The summed E-state index contributed by atoms with van der Waals surface area (Å²) in [5, 5.41) is 2.36. The number of likely N-dealkylation sites (tertiary alicyclic amines) is 1. The highest BCUT2D eigenvalue weighted by molar-refractivity contribution is 6.03. The molecule has 0 aliphatic carbocycles. The highest BCUT2D eigenvalue weighted by atomic mass is 16.2. The van der Waals surface area contributed by atoms with E-state index in [0.717, 1.165) is 31.9 Å². The molecule has 3 amide bonds. The van der Waals surface area contributed by atoms with Crippen LogP contribution in [0.1, 0.15) is 12.8 Å². The van der Waals surface area contributed by atoms with Crippen molar-refractivity contribution in [2.75, 3.05) is 27.2 Å². The molecule has 2 atom stereocenters. The van der Waals surface area contributed by atoms with Gasteiger partial charge in [0.1, 0.15) is 0 Å². The minimum atomic E-state index is -0.400. The standard InChI is InChI=1S/C11H17N5O2/c1-14-7-8(15(2)11(18)13-9(7)17)12-10(14)16-5-3-4-6-16/h7-8H,3-6H2,1-2H3,(H,13,17,18). The van der Waals surface area contributed by atoms with E-state index in [-0.39, 0.29) is 11.9 Å². The summed E-state index contributed by atoms with van der Waals surface area (Å²) in [4.78, 5) is 33.6. The van der Waals surface area contributed by atoms with Crippen LogP contribution in [0, 0.1) is 0 Å². The number of carbonyl (C=O) groups excluding carboxylic acids is 2. The summed E-state index contributed by atoms with van der Waals surface area (Å²) in [6.07, 6.45) is 1.92. The molecule has 0 bridgehead atoms. The summed E-state index contributed by atoms with van der Waals surface area (Å²) in [5.41, 5.74) is 0. The Labute approximate surface area is 105 Å². The number of carbonyl (C=O) groups is 2. The van der Waals surface area contributed by atoms with Gasteiger partial charge in [-0.05, 0) is 12.8 Å². The fourth-order valence-electron chi connectivity index (χ4n) is 2.82. The van der Waals surface area contributed by atoms with E-state index in [2.05, 4.69) is 15.2 Å². The largest absolute Gasteiger partial charge is 0.343 e. The molecule has 98 valence electrons. The van der Waals surface area contributed by atoms with Gasteiger partial charge in [-0.3, -0.25) is 10.1 Å². The third-order valence-electron chi connectivity index (χ3n) is 3.87. The van der Waals surface area contributed by atoms with E-state index >= 15 is 0 Å². The van der Waals surface area contributed by atoms with E-state index in [4.69, 9.17) is 0 Å². The van der Waals surface area contributed by atoms with Crippen LogP contribution in [0.15, 0.2) is 4.99 Å². The number of rotatable bonds is 0. The fourth-order valence-corrected chi connectivity index (χ4v) is 2.82. The molecule has 2 unspecified atom stereocenters. The third kappa shape index (κ3) is 1.46. The Balaban J connectivity index is 1.90. The molecule has 2 saturated heterocycles. The zero-order valence-corrected chi connectivity index (χ0v) is 10.6. The Morgan fingerprint density at radius 1 is 1.17 bits per heavy atom. The van der Waals surface area contributed by atoms with Crippen molar-refractivity contribution in [1.82, 2.24) is 20.0 Å². The maximum atomic E-state index is 11.9. The molecule has 18 heavy (non-hydrogen) atoms. The van der Waals surface area contributed by atoms with Crippen LogP contribution in [0.5, 0.6) is 0 Å². The first kappa shape index (κ1) is 11.3. The van der Waals surface area contributed by atoms with E-state index in [0.29, 0.717) is 0 Å². The normalized spacial score (nSPS) is 31.7. The molecule has 3 aliphatic rings. The van der Waals surface area contributed by atoms with Crippen molar-refractivity contribution in [2.24, 2.45) is 4.99 Å². The predicted octanol–water partition coefficient (Wildman–Crippen LogP) is -0.740. The summed E-state index contributed by atoms with van der Waals surface area (Å²) in [7, 11) is 3.54. The van der Waals surface area contributed by atoms with Crippen molar-refractivity contribution in [1.29, 1.82) is 0 Å². The van der Waals surface area contributed by atoms with Crippen LogP contribution in [0.3, 0.4) is 0 Å². The SMILES string of the molecule is CN1C(=O)NC(=O)C2C1N=C(N1CCCC1)N2C. The predicted molar refractivity (Wildman–Crippen MR) is 64.9 cm³/mol. The van der Waals surface area contributed by atoms with Crippen molar-refractivity contribution < 1.29 is 9.59 Å². The van der Waals surface area contributed by atoms with Crippen molar-refractivity contribution in [3.8, 4) is 0 Å². The lowest BCUT2D eigenvalue weighted by Crippen LogP contribution is -2.63. The first-order valence-corrected chi connectivity index (χ1v) is 6.23. The molecule has 2 fully saturated rings. The monoisotopic (exact) mass is 251 g/mol. The van der Waals surface area contributed by atoms with Gasteiger partial charge in [-0.1, -0.05) is 0 Å². The number of hydrogen-bond donors (Lipinski definition) is 1. The van der Waals surface area contributed by atoms with Gasteiger partial charge in [-0.2, -0.15) is 0 Å². The van der Waals surface area contributed by atoms with Crippen molar-refractivity contribution in [3.63, 3.8) is 0 Å². The number of nitrogens with one attached hydrogen (secondary N) is 1. The average Bonchev–Trinajstić information content (AvgIpc) is 2.93. The second-order valence-corrected chi connectivity index (χ2v) is 5.00. The van der Waals surface area contributed by atoms with E-state index in [9.17, 15) is 9.59 Å². The van der Waals surface area contributed by atoms with Gasteiger partial charge in [0, 0.05) is 27.2 Å². The Morgan fingerprint density at radius 2 is 1.83 bits per heavy atom. The van der Waals surface area contributed by atoms with Gasteiger partial charge in [-0.25, -0.2) is 9.79 Å². The van der Waals surface area contributed by atoms with Crippen molar-refractivity contribution in [2.45, 2.75) is 25.0 Å². The lowest BCUT2D eigenvalue weighted by molar-refractivity contribution is -0.126. The topological polar surface area (TPSA) is 68.2 Å². The first-order chi connectivity index (χ1) is 8.59. The molecule has 7 heteroatoms. The second-order valence-electron chi connectivity index (χ2n) is 5.00. The highest BCUT2D eigenvalue weighted by Gasteiger charge is 2.48. The lowest BCUT2D eigenvalue weighted by Gasteiger charge is -2.35. The maximum Gasteiger partial charge on any atom is 0.325 e. The second kappa shape index (κ2) is 3.86. The Kier molecular flexibility index (Phi) is 2.42. The molecule has 0 aromatic heterocycles. The van der Waals surface area contributed by atoms with Crippen LogP contribution < -0.4 is 5.32 Å². The number of nitrogens with zero attached hydrogens (tertiary/aromatic N) is 4. The van der Waals surface area contributed by atoms with Gasteiger partial charge in [0.25, 0.3) is 5.91 Å². The minimum Gasteiger partial charge on any atom is -0.343 e. The van der Waals surface area contributed by atoms with E-state index in [1.807, 2.05) is 11.9 Å². The maximum absolute atomic E-state index is 11.9. The molecule has 0 spiro atoms. The van der Waals surface area contributed by atoms with Gasteiger partial charge in [0.15, 0.2) is 18.2 Å². The number of imide groups is 1. The first-order valence-electron chi connectivity index (χ1n) is 6.23. The number of likely N-dealkylation sites (N-methyl/N-ethyl adjacent to an activating group) is 2. The quantitative estimate of drug-likeness (QED) is 0.616. The average molecular weight is 251 g/mol. The van der Waals surface area contributed by atoms with Gasteiger partial charge in [0.2, 0.25) is 0 Å². The lowest BCUT2D eigenvalue weighted by atomic mass is 10.1. The zero-order chi connectivity index (χ0) is 12.9. The Bertz CT molecular complexity index is 429. The smallest absolute Gasteiger partial charge is 0.325 e. The molecule has 1 N–H and O–H groups in total. The van der Waals surface area contributed by atoms with Crippen LogP contribution in [0.25, 0.3) is 0 Å². The summed E-state index contributed by atoms with van der Waals surface area (Å²) < 4.78 is 0. The molecule has 7 nitrogen and oxygen atoms in total. The molecule has 0 aromatic rings. The number of fused-ring (bicyclic) bond motifs is 1. The summed E-state index contributed by atoms with van der Waals surface area (Å²) in [6, 6.07) is -0.774. The molecule has 0 radical (unpaired) electrons. The highest BCUT2D eigenvalue weighted by Crippen LogP contribution is 2.25. The summed E-state index contributed by atoms with van der Waals surface area (Å²) in [6.45, 7) is 1.95. The molecule has 0 saturated carbocycles. The molecule has 3 aliphatic heterocycles. The summed E-state index contributed by atoms with van der Waals surface area (Å²) in [5.74, 6) is 0.572. The van der Waals surface area contributed by atoms with Gasteiger partial charge < -0.3 is 14.7 Å². The molecule has 3 rings (SSSR count). The van der Waals surface area contributed by atoms with Crippen LogP contribution in [-0.4, -0.2) is 72.0 Å².